The first-order valence-corrected chi connectivity index (χ1v) is 10.4. The second kappa shape index (κ2) is 8.71. The number of carbonyl (C=O) groups is 1. The molecule has 1 atom stereocenters. The molecule has 8 heteroatoms. The van der Waals surface area contributed by atoms with Crippen LogP contribution in [0.25, 0.3) is 16.7 Å². The molecule has 2 aromatic heterocycles. The molecule has 2 saturated heterocycles. The molecule has 0 aliphatic carbocycles. The molecule has 2 aliphatic heterocycles. The van der Waals surface area contributed by atoms with E-state index in [2.05, 4.69) is 15.3 Å². The van der Waals surface area contributed by atoms with Crippen molar-refractivity contribution in [2.24, 2.45) is 0 Å². The molecule has 30 heavy (non-hydrogen) atoms. The van der Waals surface area contributed by atoms with Crippen LogP contribution in [0.15, 0.2) is 42.5 Å². The van der Waals surface area contributed by atoms with Gasteiger partial charge in [-0.25, -0.2) is 9.67 Å². The Balaban J connectivity index is 0.00000218. The van der Waals surface area contributed by atoms with E-state index in [1.807, 2.05) is 59.0 Å². The van der Waals surface area contributed by atoms with Crippen LogP contribution in [0.3, 0.4) is 0 Å². The number of hydrogen-bond acceptors (Lipinski definition) is 5. The van der Waals surface area contributed by atoms with Crippen LogP contribution in [-0.2, 0) is 0 Å². The number of benzene rings is 1. The summed E-state index contributed by atoms with van der Waals surface area (Å²) in [6, 6.07) is 14.2. The molecule has 2 fully saturated rings. The molecule has 1 unspecified atom stereocenters. The zero-order valence-electron chi connectivity index (χ0n) is 17.1. The maximum absolute atomic E-state index is 13.2. The third-order valence-corrected chi connectivity index (χ3v) is 6.05. The van der Waals surface area contributed by atoms with Gasteiger partial charge in [0.25, 0.3) is 5.91 Å². The summed E-state index contributed by atoms with van der Waals surface area (Å²) in [6.45, 7) is 7.75. The number of amides is 1. The topological polar surface area (TPSA) is 66.3 Å². The number of fused-ring (bicyclic) bond motifs is 1. The Morgan fingerprint density at radius 1 is 1.07 bits per heavy atom. The summed E-state index contributed by atoms with van der Waals surface area (Å²) in [5.41, 5.74) is 3.09. The molecular formula is C22H27ClN6O. The minimum atomic E-state index is 0. The van der Waals surface area contributed by atoms with Crippen LogP contribution in [0, 0.1) is 6.92 Å². The smallest absolute Gasteiger partial charge is 0.272 e. The molecule has 0 saturated carbocycles. The molecule has 7 nitrogen and oxygen atoms in total. The van der Waals surface area contributed by atoms with Crippen LogP contribution in [0.5, 0.6) is 0 Å². The summed E-state index contributed by atoms with van der Waals surface area (Å²) in [4.78, 5) is 22.4. The van der Waals surface area contributed by atoms with Crippen LogP contribution in [0.2, 0.25) is 0 Å². The Morgan fingerprint density at radius 2 is 1.83 bits per heavy atom. The molecule has 1 N–H and O–H groups in total. The highest BCUT2D eigenvalue weighted by Crippen LogP contribution is 2.23. The monoisotopic (exact) mass is 426 g/mol. The minimum absolute atomic E-state index is 0. The van der Waals surface area contributed by atoms with Gasteiger partial charge in [0.15, 0.2) is 5.65 Å². The number of halogens is 1. The summed E-state index contributed by atoms with van der Waals surface area (Å²) >= 11 is 0. The van der Waals surface area contributed by atoms with Crippen molar-refractivity contribution in [2.45, 2.75) is 19.4 Å². The molecule has 5 rings (SSSR count). The van der Waals surface area contributed by atoms with Gasteiger partial charge < -0.3 is 10.2 Å². The van der Waals surface area contributed by atoms with Crippen molar-refractivity contribution in [3.63, 3.8) is 0 Å². The van der Waals surface area contributed by atoms with Gasteiger partial charge in [-0.15, -0.1) is 12.4 Å². The van der Waals surface area contributed by atoms with Crippen molar-refractivity contribution in [1.82, 2.24) is 29.9 Å². The van der Waals surface area contributed by atoms with E-state index in [1.54, 1.807) is 0 Å². The summed E-state index contributed by atoms with van der Waals surface area (Å²) in [5, 5.41) is 9.02. The Morgan fingerprint density at radius 3 is 2.60 bits per heavy atom. The molecule has 158 valence electrons. The Kier molecular flexibility index (Phi) is 6.04. The number of aromatic nitrogens is 3. The Hall–Kier alpha value is -2.48. The van der Waals surface area contributed by atoms with E-state index in [-0.39, 0.29) is 18.3 Å². The SMILES string of the molecule is Cc1nn(-c2ccccc2)c2nc(C(=O)N3CCC(N4CCNCC4)C3)ccc12.Cl. The molecule has 4 heterocycles. The fourth-order valence-electron chi connectivity index (χ4n) is 4.45. The lowest BCUT2D eigenvalue weighted by Crippen LogP contribution is -2.49. The van der Waals surface area contributed by atoms with Gasteiger partial charge in [0.05, 0.1) is 11.4 Å². The van der Waals surface area contributed by atoms with E-state index in [4.69, 9.17) is 4.98 Å². The standard InChI is InChI=1S/C22H26N6O.ClH/c1-16-19-7-8-20(24-21(19)28(25-16)17-5-3-2-4-6-17)22(29)27-12-9-18(15-27)26-13-10-23-11-14-26;/h2-8,18,23H,9-15H2,1H3;1H. The predicted molar refractivity (Wildman–Crippen MR) is 120 cm³/mol. The maximum Gasteiger partial charge on any atom is 0.272 e. The highest BCUT2D eigenvalue weighted by Gasteiger charge is 2.32. The van der Waals surface area contributed by atoms with Crippen molar-refractivity contribution >= 4 is 29.3 Å². The molecular weight excluding hydrogens is 400 g/mol. The zero-order valence-corrected chi connectivity index (χ0v) is 17.9. The number of piperazine rings is 1. The first-order valence-electron chi connectivity index (χ1n) is 10.4. The number of likely N-dealkylation sites (tertiary alicyclic amines) is 1. The fourth-order valence-corrected chi connectivity index (χ4v) is 4.45. The van der Waals surface area contributed by atoms with Gasteiger partial charge in [0.2, 0.25) is 0 Å². The second-order valence-electron chi connectivity index (χ2n) is 7.88. The van der Waals surface area contributed by atoms with Crippen molar-refractivity contribution in [3.8, 4) is 5.69 Å². The van der Waals surface area contributed by atoms with Gasteiger partial charge in [-0.3, -0.25) is 9.69 Å². The van der Waals surface area contributed by atoms with Crippen molar-refractivity contribution in [1.29, 1.82) is 0 Å². The largest absolute Gasteiger partial charge is 0.336 e. The van der Waals surface area contributed by atoms with Crippen molar-refractivity contribution in [3.05, 3.63) is 53.9 Å². The quantitative estimate of drug-likeness (QED) is 0.696. The maximum atomic E-state index is 13.2. The number of pyridine rings is 1. The number of hydrogen-bond donors (Lipinski definition) is 1. The molecule has 0 radical (unpaired) electrons. The van der Waals surface area contributed by atoms with Crippen LogP contribution < -0.4 is 5.32 Å². The van der Waals surface area contributed by atoms with Crippen LogP contribution in [0.4, 0.5) is 0 Å². The van der Waals surface area contributed by atoms with Crippen molar-refractivity contribution in [2.75, 3.05) is 39.3 Å². The lowest BCUT2D eigenvalue weighted by Gasteiger charge is -2.32. The van der Waals surface area contributed by atoms with Gasteiger partial charge in [0.1, 0.15) is 5.69 Å². The van der Waals surface area contributed by atoms with E-state index in [0.717, 1.165) is 68.1 Å². The van der Waals surface area contributed by atoms with E-state index in [1.165, 1.54) is 0 Å². The molecule has 2 aliphatic rings. The summed E-state index contributed by atoms with van der Waals surface area (Å²) in [6.07, 6.45) is 1.04. The van der Waals surface area contributed by atoms with Gasteiger partial charge in [-0.1, -0.05) is 18.2 Å². The summed E-state index contributed by atoms with van der Waals surface area (Å²) in [7, 11) is 0. The number of nitrogens with one attached hydrogen (secondary N) is 1. The highest BCUT2D eigenvalue weighted by atomic mass is 35.5. The molecule has 1 aromatic carbocycles. The summed E-state index contributed by atoms with van der Waals surface area (Å²) in [5.74, 6) is 0.0167. The first-order chi connectivity index (χ1) is 14.2. The molecule has 1 amide bonds. The third kappa shape index (κ3) is 3.80. The lowest BCUT2D eigenvalue weighted by molar-refractivity contribution is 0.0768. The predicted octanol–water partition coefficient (Wildman–Crippen LogP) is 2.27. The van der Waals surface area contributed by atoms with Crippen LogP contribution in [-0.4, -0.2) is 75.8 Å². The first kappa shape index (κ1) is 20.8. The number of nitrogens with zero attached hydrogens (tertiary/aromatic N) is 5. The normalized spacial score (nSPS) is 19.8. The molecule has 3 aromatic rings. The average molecular weight is 427 g/mol. The molecule has 0 bridgehead atoms. The average Bonchev–Trinajstić information content (AvgIpc) is 3.40. The van der Waals surface area contributed by atoms with E-state index in [0.29, 0.717) is 11.7 Å². The van der Waals surface area contributed by atoms with E-state index in [9.17, 15) is 4.79 Å². The molecule has 0 spiro atoms. The van der Waals surface area contributed by atoms with Gasteiger partial charge in [-0.2, -0.15) is 5.10 Å². The number of para-hydroxylation sites is 1. The second-order valence-corrected chi connectivity index (χ2v) is 7.88. The number of aryl methyl sites for hydroxylation is 1. The highest BCUT2D eigenvalue weighted by molar-refractivity contribution is 5.95. The van der Waals surface area contributed by atoms with E-state index < -0.39 is 0 Å². The number of rotatable bonds is 3. The van der Waals surface area contributed by atoms with Gasteiger partial charge in [0, 0.05) is 50.7 Å². The zero-order chi connectivity index (χ0) is 19.8. The lowest BCUT2D eigenvalue weighted by atomic mass is 10.2. The fraction of sp³-hybridized carbons (Fsp3) is 0.409. The summed E-state index contributed by atoms with van der Waals surface area (Å²) < 4.78 is 1.83. The Labute approximate surface area is 182 Å². The van der Waals surface area contributed by atoms with Gasteiger partial charge >= 0.3 is 0 Å². The number of carbonyl (C=O) groups excluding carboxylic acids is 1. The Bertz CT molecular complexity index is 1030. The van der Waals surface area contributed by atoms with Crippen LogP contribution in [0.1, 0.15) is 22.6 Å². The third-order valence-electron chi connectivity index (χ3n) is 6.05. The van der Waals surface area contributed by atoms with E-state index >= 15 is 0 Å². The van der Waals surface area contributed by atoms with Crippen molar-refractivity contribution < 1.29 is 4.79 Å². The minimum Gasteiger partial charge on any atom is -0.336 e. The van der Waals surface area contributed by atoms with Crippen LogP contribution >= 0.6 is 12.4 Å². The van der Waals surface area contributed by atoms with Gasteiger partial charge in [-0.05, 0) is 37.6 Å².